The number of carbonyl (C=O) groups excluding carboxylic acids is 2. The van der Waals surface area contributed by atoms with Crippen LogP contribution in [0.5, 0.6) is 0 Å². The summed E-state index contributed by atoms with van der Waals surface area (Å²) in [6, 6.07) is 3.32. The van der Waals surface area contributed by atoms with Gasteiger partial charge in [-0.15, -0.1) is 0 Å². The molecule has 0 saturated heterocycles. The lowest BCUT2D eigenvalue weighted by Gasteiger charge is -2.17. The van der Waals surface area contributed by atoms with E-state index in [4.69, 9.17) is 0 Å². The Morgan fingerprint density at radius 2 is 2.00 bits per heavy atom. The molecule has 5 heteroatoms. The zero-order chi connectivity index (χ0) is 14.8. The molecule has 1 aliphatic carbocycles. The Bertz CT molecular complexity index is 499. The zero-order valence-electron chi connectivity index (χ0n) is 12.2. The number of carbonyl (C=O) groups is 2. The topological polar surface area (TPSA) is 71.1 Å². The van der Waals surface area contributed by atoms with Gasteiger partial charge in [-0.25, -0.2) is 4.98 Å². The Morgan fingerprint density at radius 1 is 1.30 bits per heavy atom. The van der Waals surface area contributed by atoms with Crippen LogP contribution in [0.3, 0.4) is 0 Å². The van der Waals surface area contributed by atoms with Crippen LogP contribution >= 0.6 is 0 Å². The summed E-state index contributed by atoms with van der Waals surface area (Å²) >= 11 is 0. The lowest BCUT2D eigenvalue weighted by atomic mass is 9.96. The molecule has 2 amide bonds. The van der Waals surface area contributed by atoms with Gasteiger partial charge in [-0.2, -0.15) is 0 Å². The summed E-state index contributed by atoms with van der Waals surface area (Å²) in [6.45, 7) is 6.24. The molecule has 1 aliphatic rings. The summed E-state index contributed by atoms with van der Waals surface area (Å²) in [7, 11) is 0. The first-order valence-corrected chi connectivity index (χ1v) is 6.92. The smallest absolute Gasteiger partial charge is 0.252 e. The maximum atomic E-state index is 11.8. The fourth-order valence-electron chi connectivity index (χ4n) is 1.57. The van der Waals surface area contributed by atoms with Crippen LogP contribution in [0.2, 0.25) is 0 Å². The highest BCUT2D eigenvalue weighted by molar-refractivity contribution is 5.95. The van der Waals surface area contributed by atoms with Gasteiger partial charge in [0.1, 0.15) is 5.82 Å². The average Bonchev–Trinajstić information content (AvgIpc) is 3.19. The van der Waals surface area contributed by atoms with Gasteiger partial charge < -0.3 is 10.6 Å². The highest BCUT2D eigenvalue weighted by Crippen LogP contribution is 2.27. The van der Waals surface area contributed by atoms with Crippen LogP contribution in [0.1, 0.15) is 44.0 Å². The summed E-state index contributed by atoms with van der Waals surface area (Å²) in [5.41, 5.74) is 0.0431. The molecular weight excluding hydrogens is 254 g/mol. The SMILES string of the molecule is CC(C)(C)C(=O)Nc1ccc(C(=O)NCC2CC2)cn1. The van der Waals surface area contributed by atoms with Gasteiger partial charge in [0.25, 0.3) is 5.91 Å². The number of nitrogens with zero attached hydrogens (tertiary/aromatic N) is 1. The average molecular weight is 275 g/mol. The summed E-state index contributed by atoms with van der Waals surface area (Å²) < 4.78 is 0. The van der Waals surface area contributed by atoms with Crippen LogP contribution in [-0.4, -0.2) is 23.3 Å². The molecule has 0 atom stereocenters. The van der Waals surface area contributed by atoms with Gasteiger partial charge in [-0.3, -0.25) is 9.59 Å². The van der Waals surface area contributed by atoms with Crippen LogP contribution < -0.4 is 10.6 Å². The fraction of sp³-hybridized carbons (Fsp3) is 0.533. The minimum atomic E-state index is -0.470. The molecule has 2 N–H and O–H groups in total. The molecule has 1 aromatic rings. The van der Waals surface area contributed by atoms with E-state index in [2.05, 4.69) is 15.6 Å². The Balaban J connectivity index is 1.91. The molecule has 1 fully saturated rings. The predicted molar refractivity (Wildman–Crippen MR) is 77.4 cm³/mol. The summed E-state index contributed by atoms with van der Waals surface area (Å²) in [5.74, 6) is 0.898. The van der Waals surface area contributed by atoms with Crippen molar-refractivity contribution in [1.82, 2.24) is 10.3 Å². The van der Waals surface area contributed by atoms with Crippen LogP contribution in [-0.2, 0) is 4.79 Å². The lowest BCUT2D eigenvalue weighted by molar-refractivity contribution is -0.123. The van der Waals surface area contributed by atoms with Gasteiger partial charge in [0, 0.05) is 18.2 Å². The predicted octanol–water partition coefficient (Wildman–Crippen LogP) is 2.21. The number of rotatable bonds is 4. The quantitative estimate of drug-likeness (QED) is 0.885. The third kappa shape index (κ3) is 4.05. The number of hydrogen-bond acceptors (Lipinski definition) is 3. The maximum absolute atomic E-state index is 11.8. The molecule has 0 unspecified atom stereocenters. The van der Waals surface area contributed by atoms with E-state index in [1.807, 2.05) is 20.8 Å². The lowest BCUT2D eigenvalue weighted by Crippen LogP contribution is -2.28. The molecule has 20 heavy (non-hydrogen) atoms. The Labute approximate surface area is 119 Å². The van der Waals surface area contributed by atoms with Crippen LogP contribution in [0.15, 0.2) is 18.3 Å². The molecule has 0 spiro atoms. The molecule has 108 valence electrons. The van der Waals surface area contributed by atoms with Crippen LogP contribution in [0.4, 0.5) is 5.82 Å². The minimum absolute atomic E-state index is 0.101. The molecule has 0 aliphatic heterocycles. The van der Waals surface area contributed by atoms with Crippen molar-refractivity contribution in [3.05, 3.63) is 23.9 Å². The van der Waals surface area contributed by atoms with E-state index >= 15 is 0 Å². The molecule has 0 radical (unpaired) electrons. The van der Waals surface area contributed by atoms with E-state index < -0.39 is 5.41 Å². The van der Waals surface area contributed by atoms with Gasteiger partial charge in [-0.1, -0.05) is 20.8 Å². The molecule has 2 rings (SSSR count). The first-order valence-electron chi connectivity index (χ1n) is 6.92. The monoisotopic (exact) mass is 275 g/mol. The van der Waals surface area contributed by atoms with E-state index in [-0.39, 0.29) is 11.8 Å². The molecule has 1 saturated carbocycles. The highest BCUT2D eigenvalue weighted by Gasteiger charge is 2.23. The molecule has 5 nitrogen and oxygen atoms in total. The third-order valence-corrected chi connectivity index (χ3v) is 3.20. The van der Waals surface area contributed by atoms with Crippen molar-refractivity contribution in [2.45, 2.75) is 33.6 Å². The molecule has 1 aromatic heterocycles. The number of anilines is 1. The standard InChI is InChI=1S/C15H21N3O2/c1-15(2,3)14(20)18-12-7-6-11(9-16-12)13(19)17-8-10-4-5-10/h6-7,9-10H,4-5,8H2,1-3H3,(H,17,19)(H,16,18,20). The Hall–Kier alpha value is -1.91. The number of nitrogens with one attached hydrogen (secondary N) is 2. The molecular formula is C15H21N3O2. The van der Waals surface area contributed by atoms with Crippen molar-refractivity contribution >= 4 is 17.6 Å². The normalized spacial score (nSPS) is 14.8. The van der Waals surface area contributed by atoms with E-state index in [0.717, 1.165) is 6.54 Å². The van der Waals surface area contributed by atoms with Gasteiger partial charge in [0.15, 0.2) is 0 Å². The second kappa shape index (κ2) is 5.61. The maximum Gasteiger partial charge on any atom is 0.252 e. The number of aromatic nitrogens is 1. The van der Waals surface area contributed by atoms with Gasteiger partial charge >= 0.3 is 0 Å². The number of amides is 2. The van der Waals surface area contributed by atoms with Crippen molar-refractivity contribution in [1.29, 1.82) is 0 Å². The minimum Gasteiger partial charge on any atom is -0.352 e. The van der Waals surface area contributed by atoms with Crippen molar-refractivity contribution in [2.75, 3.05) is 11.9 Å². The van der Waals surface area contributed by atoms with E-state index in [1.165, 1.54) is 19.0 Å². The first-order chi connectivity index (χ1) is 9.36. The largest absolute Gasteiger partial charge is 0.352 e. The van der Waals surface area contributed by atoms with E-state index in [0.29, 0.717) is 17.3 Å². The molecule has 0 aromatic carbocycles. The Kier molecular flexibility index (Phi) is 4.06. The van der Waals surface area contributed by atoms with Crippen LogP contribution in [0, 0.1) is 11.3 Å². The van der Waals surface area contributed by atoms with Crippen molar-refractivity contribution in [3.63, 3.8) is 0 Å². The number of pyridine rings is 1. The molecule has 1 heterocycles. The van der Waals surface area contributed by atoms with E-state index in [1.54, 1.807) is 12.1 Å². The second-order valence-corrected chi connectivity index (χ2v) is 6.29. The van der Waals surface area contributed by atoms with Crippen molar-refractivity contribution < 1.29 is 9.59 Å². The van der Waals surface area contributed by atoms with Gasteiger partial charge in [0.05, 0.1) is 5.56 Å². The van der Waals surface area contributed by atoms with Crippen molar-refractivity contribution in [3.8, 4) is 0 Å². The van der Waals surface area contributed by atoms with Gasteiger partial charge in [0.2, 0.25) is 5.91 Å². The zero-order valence-corrected chi connectivity index (χ0v) is 12.2. The fourth-order valence-corrected chi connectivity index (χ4v) is 1.57. The van der Waals surface area contributed by atoms with E-state index in [9.17, 15) is 9.59 Å². The summed E-state index contributed by atoms with van der Waals surface area (Å²) in [6.07, 6.45) is 3.90. The highest BCUT2D eigenvalue weighted by atomic mass is 16.2. The summed E-state index contributed by atoms with van der Waals surface area (Å²) in [4.78, 5) is 27.7. The van der Waals surface area contributed by atoms with Gasteiger partial charge in [-0.05, 0) is 30.9 Å². The Morgan fingerprint density at radius 3 is 2.50 bits per heavy atom. The second-order valence-electron chi connectivity index (χ2n) is 6.29. The van der Waals surface area contributed by atoms with Crippen molar-refractivity contribution in [2.24, 2.45) is 11.3 Å². The first kappa shape index (κ1) is 14.5. The molecule has 0 bridgehead atoms. The third-order valence-electron chi connectivity index (χ3n) is 3.20. The summed E-state index contributed by atoms with van der Waals surface area (Å²) in [5, 5.41) is 5.61. The van der Waals surface area contributed by atoms with Crippen LogP contribution in [0.25, 0.3) is 0 Å². The number of hydrogen-bond donors (Lipinski definition) is 2.